The van der Waals surface area contributed by atoms with Crippen LogP contribution in [0.4, 0.5) is 0 Å². The molecule has 0 spiro atoms. The summed E-state index contributed by atoms with van der Waals surface area (Å²) in [4.78, 5) is 0. The molecule has 20 heavy (non-hydrogen) atoms. The van der Waals surface area contributed by atoms with Crippen molar-refractivity contribution in [3.63, 3.8) is 0 Å². The normalized spacial score (nSPS) is 12.4. The first-order valence-electron chi connectivity index (χ1n) is 6.76. The summed E-state index contributed by atoms with van der Waals surface area (Å²) in [5, 5.41) is 7.94. The summed E-state index contributed by atoms with van der Waals surface area (Å²) in [5.41, 5.74) is 3.71. The lowest BCUT2D eigenvalue weighted by molar-refractivity contribution is 0.403. The highest BCUT2D eigenvalue weighted by Gasteiger charge is 2.20. The number of hydrogen-bond donors (Lipinski definition) is 1. The van der Waals surface area contributed by atoms with Crippen molar-refractivity contribution in [3.8, 4) is 5.75 Å². The lowest BCUT2D eigenvalue weighted by atomic mass is 9.98. The number of rotatable bonds is 6. The van der Waals surface area contributed by atoms with Crippen molar-refractivity contribution in [1.29, 1.82) is 0 Å². The zero-order chi connectivity index (χ0) is 14.5. The second kappa shape index (κ2) is 7.25. The fraction of sp³-hybridized carbons (Fsp3) is 0.375. The minimum atomic E-state index is 0.158. The molecule has 0 fully saturated rings. The smallest absolute Gasteiger partial charge is 0.124 e. The first-order valence-corrected chi connectivity index (χ1v) is 8.50. The van der Waals surface area contributed by atoms with Gasteiger partial charge in [-0.05, 0) is 52.8 Å². The fourth-order valence-electron chi connectivity index (χ4n) is 2.25. The molecule has 0 bridgehead atoms. The van der Waals surface area contributed by atoms with E-state index in [-0.39, 0.29) is 6.04 Å². The number of thiophene rings is 1. The van der Waals surface area contributed by atoms with Crippen molar-refractivity contribution in [1.82, 2.24) is 5.32 Å². The van der Waals surface area contributed by atoms with Crippen LogP contribution in [0.25, 0.3) is 0 Å². The van der Waals surface area contributed by atoms with Gasteiger partial charge in [-0.2, -0.15) is 11.3 Å². The van der Waals surface area contributed by atoms with E-state index in [4.69, 9.17) is 4.74 Å². The van der Waals surface area contributed by atoms with Gasteiger partial charge in [0.2, 0.25) is 0 Å². The van der Waals surface area contributed by atoms with Gasteiger partial charge >= 0.3 is 0 Å². The van der Waals surface area contributed by atoms with Crippen LogP contribution in [0.1, 0.15) is 36.1 Å². The fourth-order valence-corrected chi connectivity index (χ4v) is 3.80. The lowest BCUT2D eigenvalue weighted by Crippen LogP contribution is -2.23. The minimum absolute atomic E-state index is 0.158. The van der Waals surface area contributed by atoms with Gasteiger partial charge < -0.3 is 10.1 Å². The van der Waals surface area contributed by atoms with Crippen LogP contribution in [0.5, 0.6) is 5.75 Å². The highest BCUT2D eigenvalue weighted by Crippen LogP contribution is 2.36. The maximum Gasteiger partial charge on any atom is 0.124 e. The van der Waals surface area contributed by atoms with E-state index in [1.807, 2.05) is 6.07 Å². The predicted octanol–water partition coefficient (Wildman–Crippen LogP) is 4.92. The standard InChI is InChI=1S/C16H20BrNOS/c1-4-7-18-16(13-9-20-10-14(13)17)12-8-11(2)5-6-15(12)19-3/h5-6,8-10,16,18H,4,7H2,1-3H3. The van der Waals surface area contributed by atoms with E-state index < -0.39 is 0 Å². The number of halogens is 1. The van der Waals surface area contributed by atoms with Crippen molar-refractivity contribution in [2.45, 2.75) is 26.3 Å². The van der Waals surface area contributed by atoms with Crippen LogP contribution >= 0.6 is 27.3 Å². The van der Waals surface area contributed by atoms with E-state index >= 15 is 0 Å². The lowest BCUT2D eigenvalue weighted by Gasteiger charge is -2.22. The van der Waals surface area contributed by atoms with Crippen molar-refractivity contribution >= 4 is 27.3 Å². The van der Waals surface area contributed by atoms with Crippen molar-refractivity contribution < 1.29 is 4.74 Å². The molecule has 0 aliphatic rings. The molecule has 0 aliphatic heterocycles. The van der Waals surface area contributed by atoms with Crippen LogP contribution in [0.3, 0.4) is 0 Å². The molecule has 108 valence electrons. The Labute approximate surface area is 133 Å². The van der Waals surface area contributed by atoms with E-state index in [1.54, 1.807) is 18.4 Å². The van der Waals surface area contributed by atoms with Crippen LogP contribution in [0.15, 0.2) is 33.4 Å². The molecule has 2 nitrogen and oxygen atoms in total. The van der Waals surface area contributed by atoms with Crippen molar-refractivity contribution in [2.24, 2.45) is 0 Å². The summed E-state index contributed by atoms with van der Waals surface area (Å²) in [6.45, 7) is 5.27. The second-order valence-electron chi connectivity index (χ2n) is 4.81. The van der Waals surface area contributed by atoms with Gasteiger partial charge in [0.1, 0.15) is 5.75 Å². The van der Waals surface area contributed by atoms with E-state index in [9.17, 15) is 0 Å². The average molecular weight is 354 g/mol. The van der Waals surface area contributed by atoms with E-state index in [0.29, 0.717) is 0 Å². The Balaban J connectivity index is 2.46. The molecular weight excluding hydrogens is 334 g/mol. The van der Waals surface area contributed by atoms with E-state index in [0.717, 1.165) is 23.2 Å². The number of benzene rings is 1. The highest BCUT2D eigenvalue weighted by atomic mass is 79.9. The molecule has 1 atom stereocenters. The largest absolute Gasteiger partial charge is 0.496 e. The predicted molar refractivity (Wildman–Crippen MR) is 89.9 cm³/mol. The zero-order valence-electron chi connectivity index (χ0n) is 12.1. The Hall–Kier alpha value is -0.840. The van der Waals surface area contributed by atoms with Gasteiger partial charge in [-0.3, -0.25) is 0 Å². The first-order chi connectivity index (χ1) is 9.67. The molecule has 0 aliphatic carbocycles. The minimum Gasteiger partial charge on any atom is -0.496 e. The number of methoxy groups -OCH3 is 1. The summed E-state index contributed by atoms with van der Waals surface area (Å²) in [5.74, 6) is 0.933. The molecule has 0 amide bonds. The second-order valence-corrected chi connectivity index (χ2v) is 6.41. The van der Waals surface area contributed by atoms with Gasteiger partial charge in [-0.25, -0.2) is 0 Å². The van der Waals surface area contributed by atoms with Gasteiger partial charge in [-0.15, -0.1) is 0 Å². The molecule has 2 aromatic rings. The maximum atomic E-state index is 5.55. The zero-order valence-corrected chi connectivity index (χ0v) is 14.5. The summed E-state index contributed by atoms with van der Waals surface area (Å²) >= 11 is 5.36. The third kappa shape index (κ3) is 3.43. The van der Waals surface area contributed by atoms with Crippen molar-refractivity contribution in [2.75, 3.05) is 13.7 Å². The molecule has 1 aromatic heterocycles. The Kier molecular flexibility index (Phi) is 5.64. The Morgan fingerprint density at radius 2 is 2.10 bits per heavy atom. The monoisotopic (exact) mass is 353 g/mol. The van der Waals surface area contributed by atoms with Crippen LogP contribution < -0.4 is 10.1 Å². The number of hydrogen-bond acceptors (Lipinski definition) is 3. The highest BCUT2D eigenvalue weighted by molar-refractivity contribution is 9.10. The summed E-state index contributed by atoms with van der Waals surface area (Å²) in [6, 6.07) is 6.49. The van der Waals surface area contributed by atoms with Crippen LogP contribution in [0.2, 0.25) is 0 Å². The van der Waals surface area contributed by atoms with Gasteiger partial charge in [0.05, 0.1) is 13.2 Å². The van der Waals surface area contributed by atoms with E-state index in [1.165, 1.54) is 16.7 Å². The topological polar surface area (TPSA) is 21.3 Å². The number of nitrogens with one attached hydrogen (secondary N) is 1. The van der Waals surface area contributed by atoms with E-state index in [2.05, 4.69) is 58.0 Å². The Bertz CT molecular complexity index is 567. The Morgan fingerprint density at radius 1 is 1.30 bits per heavy atom. The summed E-state index contributed by atoms with van der Waals surface area (Å²) in [7, 11) is 1.73. The molecule has 4 heteroatoms. The molecule has 2 rings (SSSR count). The molecule has 0 saturated carbocycles. The molecule has 1 unspecified atom stereocenters. The van der Waals surface area contributed by atoms with Crippen LogP contribution in [0, 0.1) is 6.92 Å². The van der Waals surface area contributed by atoms with Crippen molar-refractivity contribution in [3.05, 3.63) is 50.1 Å². The summed E-state index contributed by atoms with van der Waals surface area (Å²) in [6.07, 6.45) is 1.10. The van der Waals surface area contributed by atoms with Gasteiger partial charge in [0.15, 0.2) is 0 Å². The molecule has 1 heterocycles. The Morgan fingerprint density at radius 3 is 2.70 bits per heavy atom. The number of ether oxygens (including phenoxy) is 1. The quantitative estimate of drug-likeness (QED) is 0.795. The first kappa shape index (κ1) is 15.5. The number of aryl methyl sites for hydroxylation is 1. The van der Waals surface area contributed by atoms with Gasteiger partial charge in [-0.1, -0.05) is 24.6 Å². The third-order valence-electron chi connectivity index (χ3n) is 3.25. The molecule has 0 saturated heterocycles. The van der Waals surface area contributed by atoms with Crippen LogP contribution in [-0.4, -0.2) is 13.7 Å². The summed E-state index contributed by atoms with van der Waals surface area (Å²) < 4.78 is 6.70. The van der Waals surface area contributed by atoms with Crippen LogP contribution in [-0.2, 0) is 0 Å². The molecule has 1 aromatic carbocycles. The average Bonchev–Trinajstić information content (AvgIpc) is 2.86. The SMILES string of the molecule is CCCNC(c1cscc1Br)c1cc(C)ccc1OC. The molecule has 0 radical (unpaired) electrons. The molecular formula is C16H20BrNOS. The van der Waals surface area contributed by atoms with Gasteiger partial charge in [0.25, 0.3) is 0 Å². The maximum absolute atomic E-state index is 5.55. The third-order valence-corrected chi connectivity index (χ3v) is 5.00. The molecule has 1 N–H and O–H groups in total. The van der Waals surface area contributed by atoms with Gasteiger partial charge in [0, 0.05) is 15.4 Å².